The first-order chi connectivity index (χ1) is 14.5. The third kappa shape index (κ3) is 4.43. The van der Waals surface area contributed by atoms with Crippen molar-refractivity contribution in [2.45, 2.75) is 12.5 Å². The molecule has 0 bridgehead atoms. The van der Waals surface area contributed by atoms with E-state index in [2.05, 4.69) is 9.88 Å². The number of rotatable bonds is 6. The average molecular weight is 412 g/mol. The maximum absolute atomic E-state index is 12.3. The summed E-state index contributed by atoms with van der Waals surface area (Å²) < 4.78 is 17.2. The summed E-state index contributed by atoms with van der Waals surface area (Å²) >= 11 is 0. The van der Waals surface area contributed by atoms with Gasteiger partial charge in [0, 0.05) is 25.1 Å². The number of amides is 1. The van der Waals surface area contributed by atoms with Crippen LogP contribution in [0.1, 0.15) is 6.42 Å². The molecule has 1 aromatic heterocycles. The summed E-state index contributed by atoms with van der Waals surface area (Å²) in [6.45, 7) is 3.10. The summed E-state index contributed by atoms with van der Waals surface area (Å²) in [5.74, 6) is 2.32. The highest BCUT2D eigenvalue weighted by Gasteiger charge is 2.28. The van der Waals surface area contributed by atoms with Crippen molar-refractivity contribution in [2.75, 3.05) is 58.9 Å². The van der Waals surface area contributed by atoms with Gasteiger partial charge in [0.2, 0.25) is 11.8 Å². The number of methoxy groups -OCH3 is 1. The molecule has 0 saturated carbocycles. The number of hydrogen-bond acceptors (Lipinski definition) is 7. The summed E-state index contributed by atoms with van der Waals surface area (Å²) in [4.78, 5) is 22.5. The third-order valence-electron chi connectivity index (χ3n) is 5.29. The van der Waals surface area contributed by atoms with Gasteiger partial charge >= 0.3 is 0 Å². The second-order valence-electron chi connectivity index (χ2n) is 7.79. The van der Waals surface area contributed by atoms with Crippen molar-refractivity contribution in [3.8, 4) is 17.4 Å². The van der Waals surface area contributed by atoms with Gasteiger partial charge in [-0.15, -0.1) is 0 Å². The quantitative estimate of drug-likeness (QED) is 0.720. The van der Waals surface area contributed by atoms with E-state index in [9.17, 15) is 4.79 Å². The van der Waals surface area contributed by atoms with E-state index in [0.29, 0.717) is 25.6 Å². The number of carbonyl (C=O) groups is 1. The lowest BCUT2D eigenvalue weighted by Gasteiger charge is -2.31. The Bertz CT molecular complexity index is 887. The van der Waals surface area contributed by atoms with E-state index in [0.717, 1.165) is 42.4 Å². The molecule has 0 aliphatic carbocycles. The number of ether oxygens (including phenoxy) is 3. The zero-order valence-electron chi connectivity index (χ0n) is 17.7. The van der Waals surface area contributed by atoms with Crippen LogP contribution in [0.3, 0.4) is 0 Å². The normalized spacial score (nSPS) is 18.2. The molecule has 1 amide bonds. The van der Waals surface area contributed by atoms with Crippen LogP contribution >= 0.6 is 0 Å². The van der Waals surface area contributed by atoms with Gasteiger partial charge in [0.25, 0.3) is 0 Å². The van der Waals surface area contributed by atoms with Crippen LogP contribution in [-0.4, -0.2) is 80.8 Å². The summed E-state index contributed by atoms with van der Waals surface area (Å²) in [7, 11) is 5.41. The van der Waals surface area contributed by atoms with E-state index in [1.54, 1.807) is 13.3 Å². The number of aromatic nitrogens is 1. The van der Waals surface area contributed by atoms with Gasteiger partial charge in [-0.05, 0) is 32.3 Å². The lowest BCUT2D eigenvalue weighted by Crippen LogP contribution is -2.37. The maximum atomic E-state index is 12.3. The minimum Gasteiger partial charge on any atom is -0.490 e. The standard InChI is InChI=1S/C22H28N4O4/c1-24(2)15-22(27)25-9-8-18(14-25)30-17-5-6-20-19(12-17)26(10-11-29-20)16-4-7-21(28-3)23-13-16/h4-7,12-13,18H,8-11,14-15H2,1-3H3/t18-/m0/s1. The molecule has 8 heteroatoms. The second-order valence-corrected chi connectivity index (χ2v) is 7.79. The monoisotopic (exact) mass is 412 g/mol. The predicted octanol–water partition coefficient (Wildman–Crippen LogP) is 2.16. The molecule has 8 nitrogen and oxygen atoms in total. The number of hydrogen-bond donors (Lipinski definition) is 0. The Balaban J connectivity index is 1.47. The number of nitrogens with zero attached hydrogens (tertiary/aromatic N) is 4. The molecule has 30 heavy (non-hydrogen) atoms. The molecule has 0 unspecified atom stereocenters. The molecule has 0 radical (unpaired) electrons. The molecule has 1 saturated heterocycles. The van der Waals surface area contributed by atoms with E-state index in [-0.39, 0.29) is 12.0 Å². The third-order valence-corrected chi connectivity index (χ3v) is 5.29. The van der Waals surface area contributed by atoms with Crippen LogP contribution in [0.2, 0.25) is 0 Å². The lowest BCUT2D eigenvalue weighted by molar-refractivity contribution is -0.131. The fraction of sp³-hybridized carbons (Fsp3) is 0.455. The van der Waals surface area contributed by atoms with Crippen molar-refractivity contribution >= 4 is 17.3 Å². The number of anilines is 2. The minimum atomic E-state index is -0.00484. The zero-order valence-corrected chi connectivity index (χ0v) is 17.7. The fourth-order valence-corrected chi connectivity index (χ4v) is 3.81. The van der Waals surface area contributed by atoms with Crippen LogP contribution in [0.4, 0.5) is 11.4 Å². The van der Waals surface area contributed by atoms with Crippen LogP contribution in [0.5, 0.6) is 17.4 Å². The summed E-state index contributed by atoms with van der Waals surface area (Å²) in [6, 6.07) is 9.71. The molecule has 2 aliphatic rings. The topological polar surface area (TPSA) is 67.4 Å². The Hall–Kier alpha value is -3.00. The summed E-state index contributed by atoms with van der Waals surface area (Å²) in [6.07, 6.45) is 2.63. The van der Waals surface area contributed by atoms with Gasteiger partial charge in [0.05, 0.1) is 44.3 Å². The van der Waals surface area contributed by atoms with Crippen LogP contribution in [0.25, 0.3) is 0 Å². The Kier molecular flexibility index (Phi) is 5.94. The van der Waals surface area contributed by atoms with Crippen LogP contribution in [-0.2, 0) is 4.79 Å². The average Bonchev–Trinajstić information content (AvgIpc) is 3.21. The molecule has 2 aromatic rings. The molecule has 0 N–H and O–H groups in total. The number of carbonyl (C=O) groups excluding carboxylic acids is 1. The van der Waals surface area contributed by atoms with Gasteiger partial charge in [-0.1, -0.05) is 0 Å². The van der Waals surface area contributed by atoms with Gasteiger partial charge in [0.15, 0.2) is 0 Å². The Morgan fingerprint density at radius 3 is 2.87 bits per heavy atom. The van der Waals surface area contributed by atoms with Crippen LogP contribution < -0.4 is 19.1 Å². The Morgan fingerprint density at radius 1 is 1.27 bits per heavy atom. The molecule has 160 valence electrons. The maximum Gasteiger partial charge on any atom is 0.236 e. The zero-order chi connectivity index (χ0) is 21.1. The molecule has 0 spiro atoms. The van der Waals surface area contributed by atoms with Crippen molar-refractivity contribution in [3.63, 3.8) is 0 Å². The fourth-order valence-electron chi connectivity index (χ4n) is 3.81. The SMILES string of the molecule is COc1ccc(N2CCOc3ccc(O[C@H]4CCN(C(=O)CN(C)C)C4)cc32)cn1. The van der Waals surface area contributed by atoms with E-state index in [4.69, 9.17) is 14.2 Å². The Morgan fingerprint density at radius 2 is 2.13 bits per heavy atom. The van der Waals surface area contributed by atoms with E-state index in [1.807, 2.05) is 54.2 Å². The summed E-state index contributed by atoms with van der Waals surface area (Å²) in [5.41, 5.74) is 1.92. The highest BCUT2D eigenvalue weighted by atomic mass is 16.5. The van der Waals surface area contributed by atoms with Crippen LogP contribution in [0.15, 0.2) is 36.5 Å². The van der Waals surface area contributed by atoms with Gasteiger partial charge in [-0.3, -0.25) is 4.79 Å². The molecular weight excluding hydrogens is 384 g/mol. The molecule has 2 aliphatic heterocycles. The number of likely N-dealkylation sites (tertiary alicyclic amines) is 1. The highest BCUT2D eigenvalue weighted by Crippen LogP contribution is 2.39. The van der Waals surface area contributed by atoms with Crippen molar-refractivity contribution in [1.29, 1.82) is 0 Å². The molecule has 4 rings (SSSR count). The largest absolute Gasteiger partial charge is 0.490 e. The second kappa shape index (κ2) is 8.79. The van der Waals surface area contributed by atoms with Crippen molar-refractivity contribution in [1.82, 2.24) is 14.8 Å². The molecular formula is C22H28N4O4. The first-order valence-corrected chi connectivity index (χ1v) is 10.2. The Labute approximate surface area is 176 Å². The lowest BCUT2D eigenvalue weighted by atomic mass is 10.2. The van der Waals surface area contributed by atoms with Gasteiger partial charge in [-0.25, -0.2) is 4.98 Å². The number of pyridine rings is 1. The van der Waals surface area contributed by atoms with E-state index >= 15 is 0 Å². The molecule has 1 aromatic carbocycles. The number of benzene rings is 1. The molecule has 1 fully saturated rings. The number of likely N-dealkylation sites (N-methyl/N-ethyl adjacent to an activating group) is 1. The van der Waals surface area contributed by atoms with Crippen molar-refractivity contribution < 1.29 is 19.0 Å². The van der Waals surface area contributed by atoms with E-state index < -0.39 is 0 Å². The molecule has 1 atom stereocenters. The number of fused-ring (bicyclic) bond motifs is 1. The van der Waals surface area contributed by atoms with E-state index in [1.165, 1.54) is 0 Å². The van der Waals surface area contributed by atoms with Crippen molar-refractivity contribution in [2.24, 2.45) is 0 Å². The first-order valence-electron chi connectivity index (χ1n) is 10.2. The molecule has 3 heterocycles. The van der Waals surface area contributed by atoms with Gasteiger partial charge < -0.3 is 28.9 Å². The highest BCUT2D eigenvalue weighted by molar-refractivity contribution is 5.78. The summed E-state index contributed by atoms with van der Waals surface area (Å²) in [5, 5.41) is 0. The van der Waals surface area contributed by atoms with Gasteiger partial charge in [-0.2, -0.15) is 0 Å². The smallest absolute Gasteiger partial charge is 0.236 e. The first kappa shape index (κ1) is 20.3. The minimum absolute atomic E-state index is 0.00484. The predicted molar refractivity (Wildman–Crippen MR) is 114 cm³/mol. The van der Waals surface area contributed by atoms with Crippen molar-refractivity contribution in [3.05, 3.63) is 36.5 Å². The van der Waals surface area contributed by atoms with Crippen LogP contribution in [0, 0.1) is 0 Å². The van der Waals surface area contributed by atoms with Gasteiger partial charge in [0.1, 0.15) is 24.2 Å².